The zero-order valence-corrected chi connectivity index (χ0v) is 16.0. The minimum atomic E-state index is -0.863. The van der Waals surface area contributed by atoms with Gasteiger partial charge in [0.2, 0.25) is 0 Å². The van der Waals surface area contributed by atoms with Crippen molar-refractivity contribution in [1.29, 1.82) is 0 Å². The highest BCUT2D eigenvalue weighted by Gasteiger charge is 2.18. The molecule has 0 atom stereocenters. The van der Waals surface area contributed by atoms with E-state index in [2.05, 4.69) is 4.99 Å². The van der Waals surface area contributed by atoms with E-state index in [9.17, 15) is 18.4 Å². The van der Waals surface area contributed by atoms with Gasteiger partial charge in [0, 0.05) is 11.5 Å². The Balaban J connectivity index is 1.85. The first kappa shape index (κ1) is 19.0. The second kappa shape index (κ2) is 7.59. The molecule has 0 aliphatic rings. The van der Waals surface area contributed by atoms with Gasteiger partial charge in [-0.25, -0.2) is 8.78 Å². The van der Waals surface area contributed by atoms with Gasteiger partial charge in [-0.15, -0.1) is 0 Å². The number of carbonyl (C=O) groups is 2. The number of ether oxygens (including phenoxy) is 1. The van der Waals surface area contributed by atoms with Crippen LogP contribution in [0.25, 0.3) is 21.2 Å². The second-order valence-electron chi connectivity index (χ2n) is 6.08. The molecule has 0 spiro atoms. The number of fused-ring (bicyclic) bond motifs is 2. The van der Waals surface area contributed by atoms with Crippen LogP contribution in [0, 0.1) is 11.6 Å². The highest BCUT2D eigenvalue weighted by molar-refractivity contribution is 7.16. The molecule has 4 rings (SSSR count). The average molecular weight is 416 g/mol. The molecule has 0 saturated heterocycles. The van der Waals surface area contributed by atoms with E-state index in [1.165, 1.54) is 4.57 Å². The zero-order chi connectivity index (χ0) is 20.5. The number of carbonyl (C=O) groups excluding carboxylic acids is 2. The van der Waals surface area contributed by atoms with Crippen LogP contribution in [0.2, 0.25) is 0 Å². The van der Waals surface area contributed by atoms with Crippen LogP contribution in [0.5, 0.6) is 0 Å². The molecule has 0 unspecified atom stereocenters. The molecule has 148 valence electrons. The number of amides is 1. The van der Waals surface area contributed by atoms with E-state index in [0.717, 1.165) is 22.8 Å². The largest absolute Gasteiger partial charge is 0.465 e. The van der Waals surface area contributed by atoms with E-state index < -0.39 is 23.5 Å². The van der Waals surface area contributed by atoms with Crippen molar-refractivity contribution in [3.05, 3.63) is 64.7 Å². The van der Waals surface area contributed by atoms with Crippen LogP contribution in [-0.4, -0.2) is 23.1 Å². The fourth-order valence-corrected chi connectivity index (χ4v) is 3.99. The van der Waals surface area contributed by atoms with Gasteiger partial charge in [0.15, 0.2) is 16.4 Å². The smallest absolute Gasteiger partial charge is 0.326 e. The maximum atomic E-state index is 14.4. The van der Waals surface area contributed by atoms with Gasteiger partial charge in [-0.2, -0.15) is 4.99 Å². The van der Waals surface area contributed by atoms with Crippen LogP contribution in [0.1, 0.15) is 17.5 Å². The van der Waals surface area contributed by atoms with Crippen molar-refractivity contribution in [2.75, 3.05) is 6.61 Å². The van der Waals surface area contributed by atoms with Crippen molar-refractivity contribution in [3.8, 4) is 0 Å². The molecule has 2 aromatic carbocycles. The molecule has 0 fully saturated rings. The monoisotopic (exact) mass is 416 g/mol. The van der Waals surface area contributed by atoms with Crippen LogP contribution < -0.4 is 4.80 Å². The standard InChI is InChI=1S/C20H14F2N2O4S/c1-2-27-17(25)10-24-18-13(22)8-12(21)9-16(18)29-20(24)23-19(26)15-7-11-5-3-4-6-14(11)28-15/h3-9H,2,10H2,1H3. The van der Waals surface area contributed by atoms with Crippen LogP contribution in [-0.2, 0) is 16.1 Å². The lowest BCUT2D eigenvalue weighted by Gasteiger charge is -2.05. The Bertz CT molecular complexity index is 1290. The molecule has 0 saturated carbocycles. The number of thiazole rings is 1. The molecule has 6 nitrogen and oxygen atoms in total. The van der Waals surface area contributed by atoms with Crippen molar-refractivity contribution in [2.24, 2.45) is 4.99 Å². The van der Waals surface area contributed by atoms with Gasteiger partial charge >= 0.3 is 11.9 Å². The predicted molar refractivity (Wildman–Crippen MR) is 102 cm³/mol. The second-order valence-corrected chi connectivity index (χ2v) is 7.08. The fourth-order valence-electron chi connectivity index (χ4n) is 2.93. The number of aromatic nitrogens is 1. The molecule has 1 amide bonds. The molecule has 9 heteroatoms. The SMILES string of the molecule is CCOC(=O)Cn1c(=NC(=O)c2cc3ccccc3o2)sc2cc(F)cc(F)c21. The predicted octanol–water partition coefficient (Wildman–Crippen LogP) is 4.03. The van der Waals surface area contributed by atoms with Gasteiger partial charge in [-0.05, 0) is 25.1 Å². The first-order chi connectivity index (χ1) is 14.0. The van der Waals surface area contributed by atoms with Gasteiger partial charge in [0.05, 0.1) is 16.8 Å². The van der Waals surface area contributed by atoms with Gasteiger partial charge in [-0.3, -0.25) is 9.59 Å². The number of nitrogens with zero attached hydrogens (tertiary/aromatic N) is 2. The van der Waals surface area contributed by atoms with E-state index >= 15 is 0 Å². The maximum absolute atomic E-state index is 14.4. The number of para-hydroxylation sites is 1. The maximum Gasteiger partial charge on any atom is 0.326 e. The van der Waals surface area contributed by atoms with Gasteiger partial charge in [0.25, 0.3) is 0 Å². The molecule has 2 aromatic heterocycles. The Morgan fingerprint density at radius 1 is 1.21 bits per heavy atom. The summed E-state index contributed by atoms with van der Waals surface area (Å²) >= 11 is 0.888. The molecule has 4 aromatic rings. The third-order valence-electron chi connectivity index (χ3n) is 4.12. The van der Waals surface area contributed by atoms with E-state index in [-0.39, 0.29) is 33.9 Å². The average Bonchev–Trinajstić information content (AvgIpc) is 3.23. The Kier molecular flexibility index (Phi) is 4.98. The lowest BCUT2D eigenvalue weighted by atomic mass is 10.2. The van der Waals surface area contributed by atoms with E-state index in [1.807, 2.05) is 0 Å². The third kappa shape index (κ3) is 3.68. The first-order valence-corrected chi connectivity index (χ1v) is 9.49. The van der Waals surface area contributed by atoms with Crippen molar-refractivity contribution in [3.63, 3.8) is 0 Å². The molecular weight excluding hydrogens is 402 g/mol. The Morgan fingerprint density at radius 2 is 2.00 bits per heavy atom. The highest BCUT2D eigenvalue weighted by Crippen LogP contribution is 2.23. The molecule has 0 aliphatic heterocycles. The van der Waals surface area contributed by atoms with Gasteiger partial charge < -0.3 is 13.7 Å². The molecule has 2 heterocycles. The van der Waals surface area contributed by atoms with E-state index in [1.54, 1.807) is 37.3 Å². The summed E-state index contributed by atoms with van der Waals surface area (Å²) in [7, 11) is 0. The van der Waals surface area contributed by atoms with Crippen molar-refractivity contribution in [1.82, 2.24) is 4.57 Å². The van der Waals surface area contributed by atoms with Crippen molar-refractivity contribution >= 4 is 44.4 Å². The van der Waals surface area contributed by atoms with Crippen LogP contribution in [0.15, 0.2) is 51.9 Å². The number of benzene rings is 2. The summed E-state index contributed by atoms with van der Waals surface area (Å²) < 4.78 is 39.9. The van der Waals surface area contributed by atoms with Crippen molar-refractivity contribution in [2.45, 2.75) is 13.5 Å². The number of rotatable bonds is 4. The molecule has 0 radical (unpaired) electrons. The normalized spacial score (nSPS) is 12.0. The zero-order valence-electron chi connectivity index (χ0n) is 15.1. The summed E-state index contributed by atoms with van der Waals surface area (Å²) in [6.07, 6.45) is 0. The fraction of sp³-hybridized carbons (Fsp3) is 0.150. The van der Waals surface area contributed by atoms with Gasteiger partial charge in [0.1, 0.15) is 17.9 Å². The quantitative estimate of drug-likeness (QED) is 0.471. The Hall–Kier alpha value is -3.33. The van der Waals surface area contributed by atoms with Gasteiger partial charge in [-0.1, -0.05) is 29.5 Å². The van der Waals surface area contributed by atoms with Crippen LogP contribution in [0.3, 0.4) is 0 Å². The van der Waals surface area contributed by atoms with Crippen molar-refractivity contribution < 1.29 is 27.5 Å². The summed E-state index contributed by atoms with van der Waals surface area (Å²) in [6, 6.07) is 10.5. The minimum absolute atomic E-state index is 0.00186. The number of halogens is 2. The number of esters is 1. The lowest BCUT2D eigenvalue weighted by Crippen LogP contribution is -2.23. The highest BCUT2D eigenvalue weighted by atomic mass is 32.1. The Morgan fingerprint density at radius 3 is 2.76 bits per heavy atom. The van der Waals surface area contributed by atoms with E-state index in [4.69, 9.17) is 9.15 Å². The number of hydrogen-bond acceptors (Lipinski definition) is 5. The summed E-state index contributed by atoms with van der Waals surface area (Å²) in [5, 5.41) is 0.731. The lowest BCUT2D eigenvalue weighted by molar-refractivity contribution is -0.143. The van der Waals surface area contributed by atoms with Crippen LogP contribution in [0.4, 0.5) is 8.78 Å². The first-order valence-electron chi connectivity index (χ1n) is 8.68. The summed E-state index contributed by atoms with van der Waals surface area (Å²) in [5.41, 5.74) is 0.496. The molecular formula is C20H14F2N2O4S. The Labute approximate surface area is 166 Å². The topological polar surface area (TPSA) is 73.8 Å². The molecule has 0 aliphatic carbocycles. The number of furan rings is 1. The summed E-state index contributed by atoms with van der Waals surface area (Å²) in [4.78, 5) is 28.6. The summed E-state index contributed by atoms with van der Waals surface area (Å²) in [6.45, 7) is 1.41. The number of hydrogen-bond donors (Lipinski definition) is 0. The van der Waals surface area contributed by atoms with E-state index in [0.29, 0.717) is 11.6 Å². The molecule has 0 bridgehead atoms. The molecule has 0 N–H and O–H groups in total. The molecule has 29 heavy (non-hydrogen) atoms. The summed E-state index contributed by atoms with van der Waals surface area (Å²) in [5.74, 6) is -2.97. The minimum Gasteiger partial charge on any atom is -0.465 e. The van der Waals surface area contributed by atoms with Crippen LogP contribution >= 0.6 is 11.3 Å². The third-order valence-corrected chi connectivity index (χ3v) is 5.15.